The first-order valence-electron chi connectivity index (χ1n) is 6.40. The van der Waals surface area contributed by atoms with E-state index in [0.717, 1.165) is 39.1 Å². The van der Waals surface area contributed by atoms with Gasteiger partial charge in [0.15, 0.2) is 0 Å². The molecular weight excluding hydrogens is 240 g/mol. The lowest BCUT2D eigenvalue weighted by molar-refractivity contribution is 0.184. The van der Waals surface area contributed by atoms with Crippen molar-refractivity contribution >= 4 is 10.0 Å². The van der Waals surface area contributed by atoms with Crippen molar-refractivity contribution in [2.24, 2.45) is 5.92 Å². The molecule has 1 aliphatic rings. The van der Waals surface area contributed by atoms with Crippen molar-refractivity contribution < 1.29 is 13.2 Å². The van der Waals surface area contributed by atoms with Crippen LogP contribution in [0.1, 0.15) is 26.2 Å². The summed E-state index contributed by atoms with van der Waals surface area (Å²) in [6, 6.07) is 0. The quantitative estimate of drug-likeness (QED) is 0.589. The fourth-order valence-corrected chi connectivity index (χ4v) is 2.96. The van der Waals surface area contributed by atoms with Crippen molar-refractivity contribution in [3.05, 3.63) is 0 Å². The topological polar surface area (TPSA) is 67.4 Å². The lowest BCUT2D eigenvalue weighted by Gasteiger charge is -2.09. The molecule has 2 N–H and O–H groups in total. The van der Waals surface area contributed by atoms with Gasteiger partial charge >= 0.3 is 0 Å². The second-order valence-corrected chi connectivity index (χ2v) is 6.37. The van der Waals surface area contributed by atoms with E-state index in [2.05, 4.69) is 10.0 Å². The number of rotatable bonds is 9. The van der Waals surface area contributed by atoms with Crippen LogP contribution in [0.2, 0.25) is 0 Å². The summed E-state index contributed by atoms with van der Waals surface area (Å²) < 4.78 is 31.1. The van der Waals surface area contributed by atoms with Crippen molar-refractivity contribution in [1.82, 2.24) is 10.0 Å². The maximum atomic E-state index is 11.6. The average molecular weight is 264 g/mol. The summed E-state index contributed by atoms with van der Waals surface area (Å²) in [5, 5.41) is 3.11. The molecule has 5 nitrogen and oxygen atoms in total. The van der Waals surface area contributed by atoms with Gasteiger partial charge in [0.05, 0.1) is 5.75 Å². The molecule has 17 heavy (non-hydrogen) atoms. The summed E-state index contributed by atoms with van der Waals surface area (Å²) in [4.78, 5) is 0. The molecule has 6 heteroatoms. The van der Waals surface area contributed by atoms with E-state index in [0.29, 0.717) is 18.9 Å². The summed E-state index contributed by atoms with van der Waals surface area (Å²) in [7, 11) is -3.08. The summed E-state index contributed by atoms with van der Waals surface area (Å²) >= 11 is 0. The van der Waals surface area contributed by atoms with Crippen LogP contribution in [0.5, 0.6) is 0 Å². The molecule has 1 atom stereocenters. The van der Waals surface area contributed by atoms with E-state index in [4.69, 9.17) is 4.74 Å². The molecule has 0 aliphatic carbocycles. The van der Waals surface area contributed by atoms with Crippen LogP contribution < -0.4 is 10.0 Å². The van der Waals surface area contributed by atoms with Gasteiger partial charge in [-0.25, -0.2) is 13.1 Å². The molecule has 1 heterocycles. The lowest BCUT2D eigenvalue weighted by Crippen LogP contribution is -2.30. The number of nitrogens with one attached hydrogen (secondary N) is 2. The highest BCUT2D eigenvalue weighted by Crippen LogP contribution is 2.15. The standard InChI is InChI=1S/C11H24N2O3S/c1-2-12-6-3-9-17(14,15)13-7-4-11-5-8-16-10-11/h11-13H,2-10H2,1H3. The molecule has 1 unspecified atom stereocenters. The molecule has 0 spiro atoms. The number of sulfonamides is 1. The molecule has 0 aromatic carbocycles. The monoisotopic (exact) mass is 264 g/mol. The van der Waals surface area contributed by atoms with Gasteiger partial charge in [0.25, 0.3) is 0 Å². The van der Waals surface area contributed by atoms with E-state index in [1.807, 2.05) is 6.92 Å². The molecule has 1 saturated heterocycles. The Balaban J connectivity index is 2.06. The van der Waals surface area contributed by atoms with Crippen LogP contribution >= 0.6 is 0 Å². The third-order valence-electron chi connectivity index (χ3n) is 2.92. The Bertz CT molecular complexity index is 287. The predicted molar refractivity (Wildman–Crippen MR) is 68.5 cm³/mol. The maximum absolute atomic E-state index is 11.6. The lowest BCUT2D eigenvalue weighted by atomic mass is 10.1. The fraction of sp³-hybridized carbons (Fsp3) is 1.00. The van der Waals surface area contributed by atoms with Crippen molar-refractivity contribution in [2.45, 2.75) is 26.2 Å². The van der Waals surface area contributed by atoms with Crippen molar-refractivity contribution in [2.75, 3.05) is 38.6 Å². The minimum atomic E-state index is -3.08. The van der Waals surface area contributed by atoms with Gasteiger partial charge in [0.2, 0.25) is 10.0 Å². The van der Waals surface area contributed by atoms with Gasteiger partial charge in [0.1, 0.15) is 0 Å². The first-order valence-corrected chi connectivity index (χ1v) is 8.05. The molecule has 102 valence electrons. The van der Waals surface area contributed by atoms with Crippen LogP contribution in [0.3, 0.4) is 0 Å². The first kappa shape index (κ1) is 14.9. The second-order valence-electron chi connectivity index (χ2n) is 4.44. The highest BCUT2D eigenvalue weighted by atomic mass is 32.2. The molecule has 1 rings (SSSR count). The van der Waals surface area contributed by atoms with Crippen LogP contribution in [-0.4, -0.2) is 47.0 Å². The molecule has 0 aromatic heterocycles. The van der Waals surface area contributed by atoms with Crippen molar-refractivity contribution in [3.63, 3.8) is 0 Å². The van der Waals surface area contributed by atoms with Gasteiger partial charge in [-0.05, 0) is 38.3 Å². The number of hydrogen-bond acceptors (Lipinski definition) is 4. The molecular formula is C11H24N2O3S. The normalized spacial score (nSPS) is 20.9. The number of ether oxygens (including phenoxy) is 1. The van der Waals surface area contributed by atoms with Crippen LogP contribution in [0.15, 0.2) is 0 Å². The zero-order chi connectivity index (χ0) is 12.6. The van der Waals surface area contributed by atoms with Gasteiger partial charge in [-0.3, -0.25) is 0 Å². The Hall–Kier alpha value is -0.170. The molecule has 1 aliphatic heterocycles. The second kappa shape index (κ2) is 8.02. The van der Waals surface area contributed by atoms with Crippen LogP contribution in [0.25, 0.3) is 0 Å². The Morgan fingerprint density at radius 3 is 2.82 bits per heavy atom. The molecule has 0 saturated carbocycles. The minimum absolute atomic E-state index is 0.209. The zero-order valence-corrected chi connectivity index (χ0v) is 11.4. The van der Waals surface area contributed by atoms with E-state index in [1.165, 1.54) is 0 Å². The van der Waals surface area contributed by atoms with E-state index < -0.39 is 10.0 Å². The summed E-state index contributed by atoms with van der Waals surface area (Å²) in [6.45, 7) is 5.79. The van der Waals surface area contributed by atoms with Crippen LogP contribution in [0, 0.1) is 5.92 Å². The predicted octanol–water partition coefficient (Wildman–Crippen LogP) is 0.332. The Morgan fingerprint density at radius 2 is 2.18 bits per heavy atom. The molecule has 0 aromatic rings. The van der Waals surface area contributed by atoms with E-state index in [1.54, 1.807) is 0 Å². The SMILES string of the molecule is CCNCCCS(=O)(=O)NCCC1CCOC1. The molecule has 0 radical (unpaired) electrons. The first-order chi connectivity index (χ1) is 8.14. The van der Waals surface area contributed by atoms with E-state index >= 15 is 0 Å². The van der Waals surface area contributed by atoms with Crippen LogP contribution in [0.4, 0.5) is 0 Å². The highest BCUT2D eigenvalue weighted by Gasteiger charge is 2.16. The zero-order valence-electron chi connectivity index (χ0n) is 10.6. The molecule has 0 amide bonds. The summed E-state index contributed by atoms with van der Waals surface area (Å²) in [5.74, 6) is 0.737. The fourth-order valence-electron chi connectivity index (χ4n) is 1.87. The van der Waals surface area contributed by atoms with Gasteiger partial charge in [-0.1, -0.05) is 6.92 Å². The Labute approximate surface area is 104 Å². The third-order valence-corrected chi connectivity index (χ3v) is 4.39. The number of hydrogen-bond donors (Lipinski definition) is 2. The van der Waals surface area contributed by atoms with E-state index in [-0.39, 0.29) is 5.75 Å². The highest BCUT2D eigenvalue weighted by molar-refractivity contribution is 7.89. The van der Waals surface area contributed by atoms with Crippen LogP contribution in [-0.2, 0) is 14.8 Å². The van der Waals surface area contributed by atoms with Gasteiger partial charge in [0, 0.05) is 19.8 Å². The maximum Gasteiger partial charge on any atom is 0.211 e. The molecule has 1 fully saturated rings. The Morgan fingerprint density at radius 1 is 1.35 bits per heavy atom. The van der Waals surface area contributed by atoms with Gasteiger partial charge in [-0.2, -0.15) is 0 Å². The minimum Gasteiger partial charge on any atom is -0.381 e. The van der Waals surface area contributed by atoms with Gasteiger partial charge in [-0.15, -0.1) is 0 Å². The average Bonchev–Trinajstić information content (AvgIpc) is 2.77. The third kappa shape index (κ3) is 6.98. The summed E-state index contributed by atoms with van der Waals surface area (Å²) in [5.41, 5.74) is 0. The largest absolute Gasteiger partial charge is 0.381 e. The van der Waals surface area contributed by atoms with Crippen molar-refractivity contribution in [3.8, 4) is 0 Å². The smallest absolute Gasteiger partial charge is 0.211 e. The van der Waals surface area contributed by atoms with Gasteiger partial charge < -0.3 is 10.1 Å². The molecule has 0 bridgehead atoms. The van der Waals surface area contributed by atoms with Crippen molar-refractivity contribution in [1.29, 1.82) is 0 Å². The van der Waals surface area contributed by atoms with E-state index in [9.17, 15) is 8.42 Å². The summed E-state index contributed by atoms with van der Waals surface area (Å²) in [6.07, 6.45) is 2.60. The Kier molecular flexibility index (Phi) is 7.03.